The number of carbonyl (C=O) groups is 1. The van der Waals surface area contributed by atoms with Crippen LogP contribution in [0, 0.1) is 0 Å². The molecule has 1 heterocycles. The van der Waals surface area contributed by atoms with Crippen molar-refractivity contribution in [1.29, 1.82) is 0 Å². The molecule has 5 nitrogen and oxygen atoms in total. The van der Waals surface area contributed by atoms with Crippen LogP contribution in [0.5, 0.6) is 0 Å². The lowest BCUT2D eigenvalue weighted by molar-refractivity contribution is 0.0695. The summed E-state index contributed by atoms with van der Waals surface area (Å²) in [5.74, 6) is -0.868. The van der Waals surface area contributed by atoms with Crippen molar-refractivity contribution in [2.75, 3.05) is 13.6 Å². The van der Waals surface area contributed by atoms with Crippen molar-refractivity contribution in [3.63, 3.8) is 0 Å². The number of aromatic carboxylic acids is 1. The maximum atomic E-state index is 11.2. The summed E-state index contributed by atoms with van der Waals surface area (Å²) < 4.78 is 1.87. The molecule has 0 spiro atoms. The summed E-state index contributed by atoms with van der Waals surface area (Å²) in [7, 11) is 3.97. The second-order valence-corrected chi connectivity index (χ2v) is 5.25. The van der Waals surface area contributed by atoms with E-state index < -0.39 is 5.97 Å². The van der Waals surface area contributed by atoms with E-state index >= 15 is 0 Å². The molecule has 0 saturated heterocycles. The third-order valence-corrected chi connectivity index (χ3v) is 3.93. The molecule has 1 aromatic carbocycles. The first-order valence-electron chi connectivity index (χ1n) is 7.00. The van der Waals surface area contributed by atoms with Crippen LogP contribution in [0.1, 0.15) is 34.6 Å². The number of hydrogen-bond donors (Lipinski definition) is 1. The van der Waals surface area contributed by atoms with E-state index in [0.29, 0.717) is 12.0 Å². The number of benzene rings is 1. The molecule has 0 amide bonds. The number of hydrogen-bond acceptors (Lipinski definition) is 3. The summed E-state index contributed by atoms with van der Waals surface area (Å²) in [6, 6.07) is 9.41. The van der Waals surface area contributed by atoms with Crippen LogP contribution < -0.4 is 0 Å². The van der Waals surface area contributed by atoms with Crippen molar-refractivity contribution in [2.24, 2.45) is 7.05 Å². The highest BCUT2D eigenvalue weighted by atomic mass is 16.4. The molecule has 0 bridgehead atoms. The minimum absolute atomic E-state index is 0.231. The Morgan fingerprint density at radius 2 is 2.10 bits per heavy atom. The van der Waals surface area contributed by atoms with E-state index in [0.717, 1.165) is 17.8 Å². The van der Waals surface area contributed by atoms with Crippen molar-refractivity contribution in [3.05, 3.63) is 53.3 Å². The van der Waals surface area contributed by atoms with E-state index in [1.54, 1.807) is 18.3 Å². The minimum atomic E-state index is -0.868. The van der Waals surface area contributed by atoms with Gasteiger partial charge in [-0.2, -0.15) is 5.10 Å². The van der Waals surface area contributed by atoms with Crippen LogP contribution in [0.15, 0.2) is 36.5 Å². The van der Waals surface area contributed by atoms with Gasteiger partial charge in [0.15, 0.2) is 0 Å². The van der Waals surface area contributed by atoms with Gasteiger partial charge in [0.2, 0.25) is 0 Å². The SMILES string of the molecule is CC(c1ccnn1C)N(C)CCc1ccccc1C(=O)O. The maximum absolute atomic E-state index is 11.2. The van der Waals surface area contributed by atoms with Crippen molar-refractivity contribution in [1.82, 2.24) is 14.7 Å². The predicted molar refractivity (Wildman–Crippen MR) is 81.4 cm³/mol. The molecule has 1 N–H and O–H groups in total. The average molecular weight is 287 g/mol. The fraction of sp³-hybridized carbons (Fsp3) is 0.375. The Hall–Kier alpha value is -2.14. The Kier molecular flexibility index (Phi) is 4.75. The first-order chi connectivity index (χ1) is 10.0. The lowest BCUT2D eigenvalue weighted by atomic mass is 10.0. The van der Waals surface area contributed by atoms with Crippen LogP contribution in [0.4, 0.5) is 0 Å². The van der Waals surface area contributed by atoms with E-state index in [2.05, 4.69) is 16.9 Å². The average Bonchev–Trinajstić information content (AvgIpc) is 2.90. The zero-order valence-corrected chi connectivity index (χ0v) is 12.7. The molecule has 2 aromatic rings. The summed E-state index contributed by atoms with van der Waals surface area (Å²) >= 11 is 0. The molecule has 1 unspecified atom stereocenters. The van der Waals surface area contributed by atoms with Gasteiger partial charge in [0, 0.05) is 25.8 Å². The molecule has 0 aliphatic rings. The molecule has 5 heteroatoms. The Morgan fingerprint density at radius 3 is 2.71 bits per heavy atom. The summed E-state index contributed by atoms with van der Waals surface area (Å²) in [5.41, 5.74) is 2.40. The monoisotopic (exact) mass is 287 g/mol. The van der Waals surface area contributed by atoms with Crippen LogP contribution in [0.2, 0.25) is 0 Å². The molecule has 0 radical (unpaired) electrons. The highest BCUT2D eigenvalue weighted by molar-refractivity contribution is 5.89. The van der Waals surface area contributed by atoms with Crippen molar-refractivity contribution in [3.8, 4) is 0 Å². The van der Waals surface area contributed by atoms with Crippen LogP contribution in [0.25, 0.3) is 0 Å². The van der Waals surface area contributed by atoms with Gasteiger partial charge in [0.05, 0.1) is 11.3 Å². The molecule has 21 heavy (non-hydrogen) atoms. The van der Waals surface area contributed by atoms with Crippen LogP contribution in [-0.2, 0) is 13.5 Å². The number of carboxylic acid groups (broad SMARTS) is 1. The number of nitrogens with zero attached hydrogens (tertiary/aromatic N) is 3. The topological polar surface area (TPSA) is 58.4 Å². The Bertz CT molecular complexity index is 621. The molecular weight excluding hydrogens is 266 g/mol. The smallest absolute Gasteiger partial charge is 0.335 e. The third-order valence-electron chi connectivity index (χ3n) is 3.93. The highest BCUT2D eigenvalue weighted by Gasteiger charge is 2.16. The van der Waals surface area contributed by atoms with Gasteiger partial charge in [-0.3, -0.25) is 9.58 Å². The summed E-state index contributed by atoms with van der Waals surface area (Å²) in [6.07, 6.45) is 2.50. The zero-order chi connectivity index (χ0) is 15.4. The molecule has 0 aliphatic carbocycles. The number of aromatic nitrogens is 2. The summed E-state index contributed by atoms with van der Waals surface area (Å²) in [4.78, 5) is 13.4. The van der Waals surface area contributed by atoms with Crippen LogP contribution >= 0.6 is 0 Å². The first kappa shape index (κ1) is 15.3. The minimum Gasteiger partial charge on any atom is -0.478 e. The number of aryl methyl sites for hydroxylation is 1. The number of rotatable bonds is 6. The molecule has 2 rings (SSSR count). The lowest BCUT2D eigenvalue weighted by Gasteiger charge is -2.25. The van der Waals surface area contributed by atoms with Crippen molar-refractivity contribution >= 4 is 5.97 Å². The number of carboxylic acids is 1. The van der Waals surface area contributed by atoms with Crippen LogP contribution in [-0.4, -0.2) is 39.3 Å². The van der Waals surface area contributed by atoms with Gasteiger partial charge in [-0.15, -0.1) is 0 Å². The zero-order valence-electron chi connectivity index (χ0n) is 12.7. The van der Waals surface area contributed by atoms with Gasteiger partial charge in [-0.25, -0.2) is 4.79 Å². The summed E-state index contributed by atoms with van der Waals surface area (Å²) in [6.45, 7) is 2.91. The third kappa shape index (κ3) is 3.49. The lowest BCUT2D eigenvalue weighted by Crippen LogP contribution is -2.26. The highest BCUT2D eigenvalue weighted by Crippen LogP contribution is 2.18. The predicted octanol–water partition coefficient (Wildman–Crippen LogP) is 2.35. The van der Waals surface area contributed by atoms with Gasteiger partial charge in [-0.1, -0.05) is 18.2 Å². The molecule has 0 fully saturated rings. The molecule has 0 aliphatic heterocycles. The van der Waals surface area contributed by atoms with E-state index in [1.165, 1.54) is 0 Å². The standard InChI is InChI=1S/C16H21N3O2/c1-12(15-8-10-17-19(15)3)18(2)11-9-13-6-4-5-7-14(13)16(20)21/h4-8,10,12H,9,11H2,1-3H3,(H,20,21). The quantitative estimate of drug-likeness (QED) is 0.886. The van der Waals surface area contributed by atoms with Crippen molar-refractivity contribution in [2.45, 2.75) is 19.4 Å². The van der Waals surface area contributed by atoms with Gasteiger partial charge in [-0.05, 0) is 38.1 Å². The Labute approximate surface area is 124 Å². The van der Waals surface area contributed by atoms with Gasteiger partial charge in [0.25, 0.3) is 0 Å². The Balaban J connectivity index is 2.03. The summed E-state index contributed by atoms with van der Waals surface area (Å²) in [5, 5.41) is 13.4. The van der Waals surface area contributed by atoms with Gasteiger partial charge in [0.1, 0.15) is 0 Å². The van der Waals surface area contributed by atoms with E-state index in [9.17, 15) is 9.90 Å². The van der Waals surface area contributed by atoms with Crippen molar-refractivity contribution < 1.29 is 9.90 Å². The van der Waals surface area contributed by atoms with E-state index in [4.69, 9.17) is 0 Å². The van der Waals surface area contributed by atoms with E-state index in [-0.39, 0.29) is 6.04 Å². The van der Waals surface area contributed by atoms with Gasteiger partial charge >= 0.3 is 5.97 Å². The maximum Gasteiger partial charge on any atom is 0.335 e. The second kappa shape index (κ2) is 6.54. The Morgan fingerprint density at radius 1 is 1.38 bits per heavy atom. The molecule has 0 saturated carbocycles. The largest absolute Gasteiger partial charge is 0.478 e. The normalized spacial score (nSPS) is 12.6. The number of likely N-dealkylation sites (N-methyl/N-ethyl adjacent to an activating group) is 1. The van der Waals surface area contributed by atoms with Gasteiger partial charge < -0.3 is 5.11 Å². The second-order valence-electron chi connectivity index (χ2n) is 5.25. The van der Waals surface area contributed by atoms with Crippen LogP contribution in [0.3, 0.4) is 0 Å². The van der Waals surface area contributed by atoms with E-state index in [1.807, 2.05) is 37.0 Å². The molecule has 1 atom stereocenters. The first-order valence-corrected chi connectivity index (χ1v) is 7.00. The fourth-order valence-electron chi connectivity index (χ4n) is 2.46. The molecule has 112 valence electrons. The fourth-order valence-corrected chi connectivity index (χ4v) is 2.46. The molecule has 1 aromatic heterocycles. The molecular formula is C16H21N3O2.